The molecule has 0 aliphatic rings. The lowest BCUT2D eigenvalue weighted by Crippen LogP contribution is -2.15. The van der Waals surface area contributed by atoms with Crippen LogP contribution in [0.15, 0.2) is 30.5 Å². The first-order valence-electron chi connectivity index (χ1n) is 6.19. The van der Waals surface area contributed by atoms with Crippen LogP contribution in [-0.2, 0) is 0 Å². The number of nitrogens with two attached hydrogens (primary N) is 1. The van der Waals surface area contributed by atoms with E-state index in [1.165, 1.54) is 6.20 Å². The highest BCUT2D eigenvalue weighted by atomic mass is 16.5. The Balaban J connectivity index is 2.25. The SMILES string of the molecule is COc1ccc(NC(=O)c2cc(N)cnc2C)c(C)c1. The van der Waals surface area contributed by atoms with Crippen molar-refractivity contribution in [2.24, 2.45) is 0 Å². The number of nitrogen functional groups attached to an aromatic ring is 1. The monoisotopic (exact) mass is 271 g/mol. The molecule has 0 saturated carbocycles. The van der Waals surface area contributed by atoms with Crippen LogP contribution in [0.25, 0.3) is 0 Å². The minimum atomic E-state index is -0.226. The molecule has 0 radical (unpaired) electrons. The van der Waals surface area contributed by atoms with Gasteiger partial charge in [0.2, 0.25) is 0 Å². The average molecular weight is 271 g/mol. The Morgan fingerprint density at radius 2 is 2.05 bits per heavy atom. The summed E-state index contributed by atoms with van der Waals surface area (Å²) in [7, 11) is 1.61. The molecule has 0 aliphatic carbocycles. The van der Waals surface area contributed by atoms with Crippen LogP contribution in [0.1, 0.15) is 21.6 Å². The molecule has 1 amide bonds. The zero-order chi connectivity index (χ0) is 14.7. The van der Waals surface area contributed by atoms with Crippen molar-refractivity contribution in [2.45, 2.75) is 13.8 Å². The maximum Gasteiger partial charge on any atom is 0.257 e. The molecule has 5 heteroatoms. The number of methoxy groups -OCH3 is 1. The number of nitrogens with one attached hydrogen (secondary N) is 1. The van der Waals surface area contributed by atoms with E-state index in [1.807, 2.05) is 13.0 Å². The maximum atomic E-state index is 12.3. The van der Waals surface area contributed by atoms with Crippen molar-refractivity contribution < 1.29 is 9.53 Å². The normalized spacial score (nSPS) is 10.2. The van der Waals surface area contributed by atoms with Gasteiger partial charge in [0.05, 0.1) is 30.3 Å². The fourth-order valence-electron chi connectivity index (χ4n) is 1.87. The second-order valence-electron chi connectivity index (χ2n) is 4.54. The number of rotatable bonds is 3. The fraction of sp³-hybridized carbons (Fsp3) is 0.200. The summed E-state index contributed by atoms with van der Waals surface area (Å²) in [6, 6.07) is 7.09. The fourth-order valence-corrected chi connectivity index (χ4v) is 1.87. The van der Waals surface area contributed by atoms with Crippen molar-refractivity contribution in [2.75, 3.05) is 18.2 Å². The molecule has 0 atom stereocenters. The van der Waals surface area contributed by atoms with E-state index in [4.69, 9.17) is 10.5 Å². The van der Waals surface area contributed by atoms with Crippen LogP contribution in [0.2, 0.25) is 0 Å². The molecule has 0 saturated heterocycles. The topological polar surface area (TPSA) is 77.2 Å². The van der Waals surface area contributed by atoms with E-state index in [0.29, 0.717) is 16.9 Å². The maximum absolute atomic E-state index is 12.3. The Labute approximate surface area is 117 Å². The number of nitrogens with zero attached hydrogens (tertiary/aromatic N) is 1. The number of ether oxygens (including phenoxy) is 1. The molecule has 5 nitrogen and oxygen atoms in total. The summed E-state index contributed by atoms with van der Waals surface area (Å²) in [5.41, 5.74) is 8.90. The van der Waals surface area contributed by atoms with Crippen molar-refractivity contribution in [3.05, 3.63) is 47.3 Å². The average Bonchev–Trinajstić information content (AvgIpc) is 2.43. The molecule has 1 aromatic heterocycles. The van der Waals surface area contributed by atoms with E-state index in [0.717, 1.165) is 17.0 Å². The number of pyridine rings is 1. The van der Waals surface area contributed by atoms with Gasteiger partial charge in [-0.05, 0) is 43.7 Å². The molecular formula is C15H17N3O2. The first-order chi connectivity index (χ1) is 9.51. The molecule has 1 heterocycles. The predicted molar refractivity (Wildman–Crippen MR) is 79.1 cm³/mol. The summed E-state index contributed by atoms with van der Waals surface area (Å²) in [6.45, 7) is 3.68. The number of anilines is 2. The van der Waals surface area contributed by atoms with E-state index in [9.17, 15) is 4.79 Å². The zero-order valence-electron chi connectivity index (χ0n) is 11.7. The minimum Gasteiger partial charge on any atom is -0.497 e. The summed E-state index contributed by atoms with van der Waals surface area (Å²) < 4.78 is 5.14. The van der Waals surface area contributed by atoms with E-state index in [-0.39, 0.29) is 5.91 Å². The van der Waals surface area contributed by atoms with Gasteiger partial charge in [-0.2, -0.15) is 0 Å². The Bertz CT molecular complexity index is 654. The smallest absolute Gasteiger partial charge is 0.257 e. The molecule has 0 spiro atoms. The largest absolute Gasteiger partial charge is 0.497 e. The molecular weight excluding hydrogens is 254 g/mol. The Hall–Kier alpha value is -2.56. The van der Waals surface area contributed by atoms with Crippen molar-refractivity contribution in [1.29, 1.82) is 0 Å². The lowest BCUT2D eigenvalue weighted by atomic mass is 10.1. The van der Waals surface area contributed by atoms with Gasteiger partial charge >= 0.3 is 0 Å². The van der Waals surface area contributed by atoms with Gasteiger partial charge in [0, 0.05) is 5.69 Å². The highest BCUT2D eigenvalue weighted by Crippen LogP contribution is 2.22. The minimum absolute atomic E-state index is 0.226. The summed E-state index contributed by atoms with van der Waals surface area (Å²) in [5, 5.41) is 2.86. The standard InChI is InChI=1S/C15H17N3O2/c1-9-6-12(20-3)4-5-14(9)18-15(19)13-7-11(16)8-17-10(13)2/h4-8H,16H2,1-3H3,(H,18,19). The van der Waals surface area contributed by atoms with Crippen molar-refractivity contribution in [3.63, 3.8) is 0 Å². The number of carbonyl (C=O) groups is 1. The van der Waals surface area contributed by atoms with E-state index < -0.39 is 0 Å². The van der Waals surface area contributed by atoms with Gasteiger partial charge in [0.15, 0.2) is 0 Å². The lowest BCUT2D eigenvalue weighted by molar-refractivity contribution is 0.102. The van der Waals surface area contributed by atoms with Gasteiger partial charge in [-0.15, -0.1) is 0 Å². The highest BCUT2D eigenvalue weighted by Gasteiger charge is 2.12. The van der Waals surface area contributed by atoms with E-state index in [2.05, 4.69) is 10.3 Å². The second kappa shape index (κ2) is 5.61. The van der Waals surface area contributed by atoms with Gasteiger partial charge in [-0.1, -0.05) is 0 Å². The zero-order valence-corrected chi connectivity index (χ0v) is 11.7. The highest BCUT2D eigenvalue weighted by molar-refractivity contribution is 6.05. The first-order valence-corrected chi connectivity index (χ1v) is 6.19. The van der Waals surface area contributed by atoms with Crippen LogP contribution >= 0.6 is 0 Å². The number of benzene rings is 1. The number of carbonyl (C=O) groups excluding carboxylic acids is 1. The van der Waals surface area contributed by atoms with Gasteiger partial charge in [0.25, 0.3) is 5.91 Å². The molecule has 1 aromatic carbocycles. The lowest BCUT2D eigenvalue weighted by Gasteiger charge is -2.11. The molecule has 0 unspecified atom stereocenters. The van der Waals surface area contributed by atoms with Gasteiger partial charge in [0.1, 0.15) is 5.75 Å². The Morgan fingerprint density at radius 1 is 1.30 bits per heavy atom. The van der Waals surface area contributed by atoms with Crippen molar-refractivity contribution >= 4 is 17.3 Å². The molecule has 3 N–H and O–H groups in total. The molecule has 0 fully saturated rings. The van der Waals surface area contributed by atoms with Crippen LogP contribution < -0.4 is 15.8 Å². The van der Waals surface area contributed by atoms with Crippen molar-refractivity contribution in [3.8, 4) is 5.75 Å². The molecule has 2 rings (SSSR count). The molecule has 0 bridgehead atoms. The van der Waals surface area contributed by atoms with Crippen LogP contribution in [0, 0.1) is 13.8 Å². The molecule has 2 aromatic rings. The summed E-state index contributed by atoms with van der Waals surface area (Å²) >= 11 is 0. The third-order valence-electron chi connectivity index (χ3n) is 3.03. The predicted octanol–water partition coefficient (Wildman–Crippen LogP) is 2.54. The summed E-state index contributed by atoms with van der Waals surface area (Å²) in [6.07, 6.45) is 1.53. The van der Waals surface area contributed by atoms with Gasteiger partial charge < -0.3 is 15.8 Å². The van der Waals surface area contributed by atoms with Crippen LogP contribution in [0.4, 0.5) is 11.4 Å². The third kappa shape index (κ3) is 2.88. The Kier molecular flexibility index (Phi) is 3.89. The number of hydrogen-bond donors (Lipinski definition) is 2. The Morgan fingerprint density at radius 3 is 2.70 bits per heavy atom. The molecule has 20 heavy (non-hydrogen) atoms. The van der Waals surface area contributed by atoms with Crippen LogP contribution in [0.3, 0.4) is 0 Å². The van der Waals surface area contributed by atoms with E-state index >= 15 is 0 Å². The quantitative estimate of drug-likeness (QED) is 0.899. The van der Waals surface area contributed by atoms with Crippen molar-refractivity contribution in [1.82, 2.24) is 4.98 Å². The number of amides is 1. The summed E-state index contributed by atoms with van der Waals surface area (Å²) in [5.74, 6) is 0.526. The van der Waals surface area contributed by atoms with Crippen LogP contribution in [0.5, 0.6) is 5.75 Å². The van der Waals surface area contributed by atoms with Gasteiger partial charge in [-0.25, -0.2) is 0 Å². The number of hydrogen-bond acceptors (Lipinski definition) is 4. The second-order valence-corrected chi connectivity index (χ2v) is 4.54. The third-order valence-corrected chi connectivity index (χ3v) is 3.03. The molecule has 104 valence electrons. The first kappa shape index (κ1) is 13.9. The summed E-state index contributed by atoms with van der Waals surface area (Å²) in [4.78, 5) is 16.3. The number of aryl methyl sites for hydroxylation is 2. The van der Waals surface area contributed by atoms with Crippen LogP contribution in [-0.4, -0.2) is 18.0 Å². The van der Waals surface area contributed by atoms with Gasteiger partial charge in [-0.3, -0.25) is 9.78 Å². The molecule has 0 aliphatic heterocycles. The number of aromatic nitrogens is 1. The van der Waals surface area contributed by atoms with E-state index in [1.54, 1.807) is 32.2 Å².